The van der Waals surface area contributed by atoms with Gasteiger partial charge in [-0.05, 0) is 55.4 Å². The number of esters is 1. The molecule has 2 unspecified atom stereocenters. The molecule has 138 valence electrons. The quantitative estimate of drug-likeness (QED) is 0.763. The van der Waals surface area contributed by atoms with Gasteiger partial charge in [0.05, 0.1) is 6.10 Å². The fourth-order valence-corrected chi connectivity index (χ4v) is 5.46. The van der Waals surface area contributed by atoms with E-state index < -0.39 is 17.5 Å². The van der Waals surface area contributed by atoms with Gasteiger partial charge in [-0.2, -0.15) is 0 Å². The number of ether oxygens (including phenoxy) is 1. The van der Waals surface area contributed by atoms with Crippen LogP contribution in [0.3, 0.4) is 0 Å². The minimum atomic E-state index is -0.926. The average Bonchev–Trinajstić information content (AvgIpc) is 2.96. The van der Waals surface area contributed by atoms with E-state index in [0.717, 1.165) is 24.8 Å². The highest BCUT2D eigenvalue weighted by Gasteiger charge is 2.59. The predicted molar refractivity (Wildman–Crippen MR) is 92.7 cm³/mol. The van der Waals surface area contributed by atoms with E-state index in [9.17, 15) is 19.8 Å². The fourth-order valence-electron chi connectivity index (χ4n) is 5.46. The SMILES string of the molecule is CC1CC(O)[C@@]2(C)C(C(=O)O)=CCC[C@H]2[C@@]1(C)CCC1=CCOC1=O. The van der Waals surface area contributed by atoms with Crippen LogP contribution in [0.1, 0.15) is 52.9 Å². The molecule has 2 aliphatic carbocycles. The summed E-state index contributed by atoms with van der Waals surface area (Å²) in [6.07, 6.45) is 6.60. The largest absolute Gasteiger partial charge is 0.478 e. The summed E-state index contributed by atoms with van der Waals surface area (Å²) in [6.45, 7) is 6.61. The zero-order chi connectivity index (χ0) is 18.4. The van der Waals surface area contributed by atoms with Gasteiger partial charge in [0.2, 0.25) is 0 Å². The van der Waals surface area contributed by atoms with Crippen molar-refractivity contribution in [3.05, 3.63) is 23.3 Å². The average molecular weight is 348 g/mol. The lowest BCUT2D eigenvalue weighted by molar-refractivity contribution is -0.148. The molecular formula is C20H28O5. The molecule has 0 radical (unpaired) electrons. The molecule has 0 aromatic heterocycles. The number of allylic oxidation sites excluding steroid dienone is 1. The van der Waals surface area contributed by atoms with Crippen LogP contribution in [0.5, 0.6) is 0 Å². The second kappa shape index (κ2) is 6.27. The van der Waals surface area contributed by atoms with Crippen molar-refractivity contribution in [2.75, 3.05) is 6.61 Å². The Morgan fingerprint density at radius 3 is 2.68 bits per heavy atom. The van der Waals surface area contributed by atoms with Gasteiger partial charge in [0.25, 0.3) is 0 Å². The standard InChI is InChI=1S/C20H28O5/c1-12-11-16(21)20(3)14(17(22)23)5-4-6-15(20)19(12,2)9-7-13-8-10-25-18(13)24/h5,8,12,15-16,21H,4,6-7,9-11H2,1-3H3,(H,22,23)/t12?,15-,16?,19-,20-/m0/s1. The molecule has 0 aromatic carbocycles. The number of carboxylic acids is 1. The van der Waals surface area contributed by atoms with Crippen LogP contribution in [0.2, 0.25) is 0 Å². The van der Waals surface area contributed by atoms with Crippen molar-refractivity contribution in [1.82, 2.24) is 0 Å². The molecule has 0 spiro atoms. The molecule has 5 nitrogen and oxygen atoms in total. The monoisotopic (exact) mass is 348 g/mol. The molecule has 0 amide bonds. The number of carboxylic acid groups (broad SMARTS) is 1. The lowest BCUT2D eigenvalue weighted by Crippen LogP contribution is -2.57. The molecule has 0 saturated heterocycles. The van der Waals surface area contributed by atoms with E-state index in [0.29, 0.717) is 25.0 Å². The van der Waals surface area contributed by atoms with Gasteiger partial charge in [-0.15, -0.1) is 0 Å². The summed E-state index contributed by atoms with van der Waals surface area (Å²) in [5.74, 6) is -0.825. The zero-order valence-electron chi connectivity index (χ0n) is 15.2. The molecule has 3 rings (SSSR count). The van der Waals surface area contributed by atoms with Crippen LogP contribution in [0.4, 0.5) is 0 Å². The van der Waals surface area contributed by atoms with Gasteiger partial charge < -0.3 is 14.9 Å². The first-order valence-electron chi connectivity index (χ1n) is 9.19. The van der Waals surface area contributed by atoms with Crippen LogP contribution in [0.25, 0.3) is 0 Å². The van der Waals surface area contributed by atoms with Gasteiger partial charge in [0, 0.05) is 16.6 Å². The molecule has 1 saturated carbocycles. The van der Waals surface area contributed by atoms with Crippen molar-refractivity contribution in [2.24, 2.45) is 22.7 Å². The van der Waals surface area contributed by atoms with Crippen LogP contribution in [-0.4, -0.2) is 34.9 Å². The Bertz CT molecular complexity index is 648. The Morgan fingerprint density at radius 1 is 1.36 bits per heavy atom. The number of aliphatic hydroxyl groups is 1. The van der Waals surface area contributed by atoms with Gasteiger partial charge in [-0.3, -0.25) is 0 Å². The number of aliphatic hydroxyl groups excluding tert-OH is 1. The van der Waals surface area contributed by atoms with E-state index in [2.05, 4.69) is 13.8 Å². The zero-order valence-corrected chi connectivity index (χ0v) is 15.2. The van der Waals surface area contributed by atoms with Crippen molar-refractivity contribution in [2.45, 2.75) is 59.0 Å². The Kier molecular flexibility index (Phi) is 4.56. The number of carbonyl (C=O) groups is 2. The van der Waals surface area contributed by atoms with E-state index in [1.165, 1.54) is 0 Å². The van der Waals surface area contributed by atoms with E-state index in [1.807, 2.05) is 13.0 Å². The number of hydrogen-bond acceptors (Lipinski definition) is 4. The van der Waals surface area contributed by atoms with Gasteiger partial charge in [0.15, 0.2) is 0 Å². The summed E-state index contributed by atoms with van der Waals surface area (Å²) in [6, 6.07) is 0. The lowest BCUT2D eigenvalue weighted by Gasteiger charge is -2.59. The summed E-state index contributed by atoms with van der Waals surface area (Å²) in [7, 11) is 0. The van der Waals surface area contributed by atoms with E-state index in [-0.39, 0.29) is 23.2 Å². The predicted octanol–water partition coefficient (Wildman–Crippen LogP) is 3.08. The fraction of sp³-hybridized carbons (Fsp3) is 0.700. The van der Waals surface area contributed by atoms with Crippen molar-refractivity contribution in [1.29, 1.82) is 0 Å². The van der Waals surface area contributed by atoms with Crippen LogP contribution in [0.15, 0.2) is 23.3 Å². The third-order valence-electron chi connectivity index (χ3n) is 7.27. The molecule has 5 heteroatoms. The highest BCUT2D eigenvalue weighted by Crippen LogP contribution is 2.62. The van der Waals surface area contributed by atoms with Crippen molar-refractivity contribution >= 4 is 11.9 Å². The summed E-state index contributed by atoms with van der Waals surface area (Å²) < 4.78 is 5.00. The molecule has 0 aromatic rings. The van der Waals surface area contributed by atoms with Gasteiger partial charge in [-0.1, -0.05) is 26.8 Å². The Labute approximate surface area is 148 Å². The number of hydrogen-bond donors (Lipinski definition) is 2. The molecule has 1 heterocycles. The van der Waals surface area contributed by atoms with Crippen LogP contribution >= 0.6 is 0 Å². The smallest absolute Gasteiger partial charge is 0.334 e. The second-order valence-corrected chi connectivity index (χ2v) is 8.32. The third kappa shape index (κ3) is 2.73. The van der Waals surface area contributed by atoms with E-state index in [1.54, 1.807) is 6.08 Å². The molecule has 2 N–H and O–H groups in total. The van der Waals surface area contributed by atoms with Crippen molar-refractivity contribution < 1.29 is 24.5 Å². The number of cyclic esters (lactones) is 1. The Hall–Kier alpha value is -1.62. The molecule has 5 atom stereocenters. The van der Waals surface area contributed by atoms with E-state index in [4.69, 9.17) is 4.74 Å². The third-order valence-corrected chi connectivity index (χ3v) is 7.27. The topological polar surface area (TPSA) is 83.8 Å². The number of aliphatic carboxylic acids is 1. The highest BCUT2D eigenvalue weighted by atomic mass is 16.5. The lowest BCUT2D eigenvalue weighted by atomic mass is 9.45. The van der Waals surface area contributed by atoms with Crippen molar-refractivity contribution in [3.8, 4) is 0 Å². The number of rotatable bonds is 4. The van der Waals surface area contributed by atoms with Crippen LogP contribution < -0.4 is 0 Å². The normalized spacial score (nSPS) is 40.8. The summed E-state index contributed by atoms with van der Waals surface area (Å²) in [5.41, 5.74) is 0.211. The maximum Gasteiger partial charge on any atom is 0.334 e. The van der Waals surface area contributed by atoms with Crippen LogP contribution in [-0.2, 0) is 14.3 Å². The summed E-state index contributed by atoms with van der Waals surface area (Å²) in [4.78, 5) is 23.6. The van der Waals surface area contributed by atoms with Gasteiger partial charge in [-0.25, -0.2) is 9.59 Å². The molecule has 3 aliphatic rings. The second-order valence-electron chi connectivity index (χ2n) is 8.32. The Morgan fingerprint density at radius 2 is 2.08 bits per heavy atom. The minimum Gasteiger partial charge on any atom is -0.478 e. The molecule has 0 bridgehead atoms. The van der Waals surface area contributed by atoms with Crippen LogP contribution in [0, 0.1) is 22.7 Å². The molecule has 1 aliphatic heterocycles. The van der Waals surface area contributed by atoms with Crippen molar-refractivity contribution in [3.63, 3.8) is 0 Å². The maximum absolute atomic E-state index is 11.8. The van der Waals surface area contributed by atoms with Gasteiger partial charge >= 0.3 is 11.9 Å². The van der Waals surface area contributed by atoms with Gasteiger partial charge in [0.1, 0.15) is 6.61 Å². The summed E-state index contributed by atoms with van der Waals surface area (Å²) >= 11 is 0. The van der Waals surface area contributed by atoms with E-state index >= 15 is 0 Å². The first kappa shape index (κ1) is 18.2. The molecule has 25 heavy (non-hydrogen) atoms. The molecular weight excluding hydrogens is 320 g/mol. The first-order valence-corrected chi connectivity index (χ1v) is 9.19. The number of fused-ring (bicyclic) bond motifs is 1. The first-order chi connectivity index (χ1) is 11.7. The maximum atomic E-state index is 11.8. The summed E-state index contributed by atoms with van der Waals surface area (Å²) in [5, 5.41) is 20.5. The minimum absolute atomic E-state index is 0.0767. The Balaban J connectivity index is 1.92. The molecule has 1 fully saturated rings. The number of carbonyl (C=O) groups excluding carboxylic acids is 1. The highest BCUT2D eigenvalue weighted by molar-refractivity contribution is 5.90.